The predicted octanol–water partition coefficient (Wildman–Crippen LogP) is 3.58. The van der Waals surface area contributed by atoms with Crippen LogP contribution in [-0.2, 0) is 0 Å². The molecule has 0 aliphatic heterocycles. The lowest BCUT2D eigenvalue weighted by Gasteiger charge is -1.85. The maximum Gasteiger partial charge on any atom is 0.0293 e. The summed E-state index contributed by atoms with van der Waals surface area (Å²) in [7, 11) is 0. The van der Waals surface area contributed by atoms with E-state index in [-0.39, 0.29) is 0 Å². The molecule has 0 saturated carbocycles. The van der Waals surface area contributed by atoms with Gasteiger partial charge in [0.1, 0.15) is 0 Å². The van der Waals surface area contributed by atoms with Crippen molar-refractivity contribution in [3.63, 3.8) is 0 Å². The van der Waals surface area contributed by atoms with Crippen molar-refractivity contribution in [1.82, 2.24) is 0 Å². The molecule has 1 heteroatoms. The van der Waals surface area contributed by atoms with Gasteiger partial charge in [0.2, 0.25) is 0 Å². The smallest absolute Gasteiger partial charge is 0.0293 e. The van der Waals surface area contributed by atoms with E-state index in [2.05, 4.69) is 24.6 Å². The van der Waals surface area contributed by atoms with E-state index in [9.17, 15) is 0 Å². The highest BCUT2D eigenvalue weighted by Gasteiger charge is 1.76. The molecule has 0 atom stereocenters. The molecule has 11 heavy (non-hydrogen) atoms. The molecule has 0 radical (unpaired) electrons. The quantitative estimate of drug-likeness (QED) is 0.549. The molecule has 0 bridgehead atoms. The van der Waals surface area contributed by atoms with Crippen molar-refractivity contribution in [2.24, 2.45) is 4.99 Å². The Morgan fingerprint density at radius 1 is 1.45 bits per heavy atom. The monoisotopic (exact) mass is 153 g/mol. The summed E-state index contributed by atoms with van der Waals surface area (Å²) in [6.45, 7) is 11.6. The van der Waals surface area contributed by atoms with Gasteiger partial charge >= 0.3 is 0 Å². The predicted molar refractivity (Wildman–Crippen MR) is 54.1 cm³/mol. The van der Waals surface area contributed by atoms with Gasteiger partial charge in [-0.2, -0.15) is 0 Å². The molecular formula is C10H19N. The topological polar surface area (TPSA) is 12.4 Å². The van der Waals surface area contributed by atoms with Crippen LogP contribution in [0.15, 0.2) is 29.4 Å². The van der Waals surface area contributed by atoms with Gasteiger partial charge in [-0.3, -0.25) is 4.99 Å². The standard InChI is InChI=1S/C8H13N.C2H6/c1-4-6-8(3)7-9-5-2;1-2/h5-7H,2,4H2,1,3H3;1-2H3/b8-6-,9-7?;. The van der Waals surface area contributed by atoms with Crippen LogP contribution in [0.3, 0.4) is 0 Å². The highest BCUT2D eigenvalue weighted by molar-refractivity contribution is 5.77. The van der Waals surface area contributed by atoms with Crippen LogP contribution in [0.4, 0.5) is 0 Å². The minimum absolute atomic E-state index is 1.06. The zero-order valence-electron chi connectivity index (χ0n) is 8.09. The summed E-state index contributed by atoms with van der Waals surface area (Å²) < 4.78 is 0. The molecule has 0 N–H and O–H groups in total. The normalized spacial score (nSPS) is 10.7. The number of aliphatic imine (C=N–C) groups is 1. The fraction of sp³-hybridized carbons (Fsp3) is 0.500. The molecule has 0 heterocycles. The van der Waals surface area contributed by atoms with Crippen molar-refractivity contribution < 1.29 is 0 Å². The van der Waals surface area contributed by atoms with Crippen molar-refractivity contribution in [3.8, 4) is 0 Å². The van der Waals surface area contributed by atoms with Crippen LogP contribution < -0.4 is 0 Å². The van der Waals surface area contributed by atoms with Gasteiger partial charge in [-0.05, 0) is 18.9 Å². The van der Waals surface area contributed by atoms with Gasteiger partial charge in [-0.1, -0.05) is 33.4 Å². The zero-order chi connectivity index (χ0) is 9.11. The molecule has 0 aromatic heterocycles. The lowest BCUT2D eigenvalue weighted by molar-refractivity contribution is 1.21. The Morgan fingerprint density at radius 2 is 2.00 bits per heavy atom. The van der Waals surface area contributed by atoms with Crippen LogP contribution in [-0.4, -0.2) is 6.21 Å². The number of hydrogen-bond acceptors (Lipinski definition) is 1. The Balaban J connectivity index is 0. The Bertz CT molecular complexity index is 132. The second kappa shape index (κ2) is 11.9. The molecule has 0 spiro atoms. The van der Waals surface area contributed by atoms with E-state index in [4.69, 9.17) is 0 Å². The Kier molecular flexibility index (Phi) is 13.8. The SMILES string of the molecule is C=CN=C/C(C)=C\CC.CC. The molecule has 0 aromatic rings. The second-order valence-corrected chi connectivity index (χ2v) is 1.82. The number of rotatable bonds is 3. The largest absolute Gasteiger partial charge is 0.265 e. The third-order valence-electron chi connectivity index (χ3n) is 0.910. The Morgan fingerprint density at radius 3 is 2.36 bits per heavy atom. The third-order valence-corrected chi connectivity index (χ3v) is 0.910. The molecular weight excluding hydrogens is 134 g/mol. The first-order chi connectivity index (χ1) is 5.31. The summed E-state index contributed by atoms with van der Waals surface area (Å²) in [5.41, 5.74) is 1.19. The van der Waals surface area contributed by atoms with Crippen molar-refractivity contribution in [2.75, 3.05) is 0 Å². The minimum atomic E-state index is 1.06. The van der Waals surface area contributed by atoms with Crippen molar-refractivity contribution in [3.05, 3.63) is 24.4 Å². The highest BCUT2D eigenvalue weighted by atomic mass is 14.6. The van der Waals surface area contributed by atoms with Gasteiger partial charge in [0.05, 0.1) is 0 Å². The highest BCUT2D eigenvalue weighted by Crippen LogP contribution is 1.89. The fourth-order valence-electron chi connectivity index (χ4n) is 0.545. The molecule has 0 aromatic carbocycles. The van der Waals surface area contributed by atoms with Gasteiger partial charge in [-0.25, -0.2) is 0 Å². The average Bonchev–Trinajstić information content (AvgIpc) is 2.05. The summed E-state index contributed by atoms with van der Waals surface area (Å²) in [6, 6.07) is 0. The molecule has 0 saturated heterocycles. The molecule has 0 unspecified atom stereocenters. The molecule has 0 amide bonds. The van der Waals surface area contributed by atoms with Crippen LogP contribution in [0.2, 0.25) is 0 Å². The summed E-state index contributed by atoms with van der Waals surface area (Å²) in [4.78, 5) is 3.86. The van der Waals surface area contributed by atoms with Crippen molar-refractivity contribution >= 4 is 6.21 Å². The van der Waals surface area contributed by atoms with E-state index in [1.54, 1.807) is 6.21 Å². The van der Waals surface area contributed by atoms with Gasteiger partial charge < -0.3 is 0 Å². The van der Waals surface area contributed by atoms with Crippen LogP contribution in [0.25, 0.3) is 0 Å². The van der Waals surface area contributed by atoms with Gasteiger partial charge in [-0.15, -0.1) is 0 Å². The van der Waals surface area contributed by atoms with E-state index in [0.717, 1.165) is 6.42 Å². The van der Waals surface area contributed by atoms with E-state index in [0.29, 0.717) is 0 Å². The van der Waals surface area contributed by atoms with Crippen LogP contribution >= 0.6 is 0 Å². The van der Waals surface area contributed by atoms with E-state index in [1.165, 1.54) is 11.8 Å². The van der Waals surface area contributed by atoms with Gasteiger partial charge in [0.15, 0.2) is 0 Å². The fourth-order valence-corrected chi connectivity index (χ4v) is 0.545. The van der Waals surface area contributed by atoms with E-state index >= 15 is 0 Å². The van der Waals surface area contributed by atoms with Gasteiger partial charge in [0, 0.05) is 12.4 Å². The summed E-state index contributed by atoms with van der Waals surface area (Å²) >= 11 is 0. The lowest BCUT2D eigenvalue weighted by Crippen LogP contribution is -1.74. The Hall–Kier alpha value is -0.850. The molecule has 0 aliphatic carbocycles. The summed E-state index contributed by atoms with van der Waals surface area (Å²) in [6.07, 6.45) is 6.52. The van der Waals surface area contributed by atoms with Crippen LogP contribution in [0, 0.1) is 0 Å². The average molecular weight is 153 g/mol. The molecule has 0 aliphatic rings. The first-order valence-corrected chi connectivity index (χ1v) is 4.12. The third kappa shape index (κ3) is 12.4. The number of hydrogen-bond donors (Lipinski definition) is 0. The molecule has 0 fully saturated rings. The van der Waals surface area contributed by atoms with Crippen LogP contribution in [0.5, 0.6) is 0 Å². The lowest BCUT2D eigenvalue weighted by atomic mass is 10.3. The van der Waals surface area contributed by atoms with Crippen molar-refractivity contribution in [1.29, 1.82) is 0 Å². The van der Waals surface area contributed by atoms with E-state index in [1.807, 2.05) is 20.8 Å². The summed E-state index contributed by atoms with van der Waals surface area (Å²) in [5.74, 6) is 0. The summed E-state index contributed by atoms with van der Waals surface area (Å²) in [5, 5.41) is 0. The van der Waals surface area contributed by atoms with Crippen molar-refractivity contribution in [2.45, 2.75) is 34.1 Å². The molecule has 1 nitrogen and oxygen atoms in total. The van der Waals surface area contributed by atoms with E-state index < -0.39 is 0 Å². The zero-order valence-corrected chi connectivity index (χ0v) is 8.09. The molecule has 64 valence electrons. The maximum absolute atomic E-state index is 3.86. The minimum Gasteiger partial charge on any atom is -0.265 e. The van der Waals surface area contributed by atoms with Crippen LogP contribution in [0.1, 0.15) is 34.1 Å². The first-order valence-electron chi connectivity index (χ1n) is 4.12. The maximum atomic E-state index is 3.86. The second-order valence-electron chi connectivity index (χ2n) is 1.82. The first kappa shape index (κ1) is 12.8. The van der Waals surface area contributed by atoms with Gasteiger partial charge in [0.25, 0.3) is 0 Å². The molecule has 0 rings (SSSR count). The number of nitrogens with zero attached hydrogens (tertiary/aromatic N) is 1. The Labute approximate surface area is 70.5 Å². The number of allylic oxidation sites excluding steroid dienone is 2.